The molecule has 18 nitrogen and oxygen atoms in total. The van der Waals surface area contributed by atoms with Crippen molar-refractivity contribution < 1.29 is 74.0 Å². The van der Waals surface area contributed by atoms with Gasteiger partial charge in [-0.2, -0.15) is 10.2 Å². The topological polar surface area (TPSA) is 252 Å². The van der Waals surface area contributed by atoms with Gasteiger partial charge < -0.3 is 30.0 Å². The molecule has 4 N–H and O–H groups in total. The predicted octanol–water partition coefficient (Wildman–Crippen LogP) is 2.89. The molecule has 298 valence electrons. The monoisotopic (exact) mass is 915 g/mol. The van der Waals surface area contributed by atoms with Gasteiger partial charge >= 0.3 is 29.6 Å². The van der Waals surface area contributed by atoms with Crippen LogP contribution >= 0.6 is 23.2 Å². The summed E-state index contributed by atoms with van der Waals surface area (Å²) in [6.45, 7) is 3.19. The fourth-order valence-electron chi connectivity index (χ4n) is 4.75. The fourth-order valence-corrected chi connectivity index (χ4v) is 6.61. The van der Waals surface area contributed by atoms with Crippen LogP contribution in [0.3, 0.4) is 0 Å². The van der Waals surface area contributed by atoms with Gasteiger partial charge in [0.15, 0.2) is 0 Å². The Hall–Kier alpha value is -4.37. The zero-order valence-corrected chi connectivity index (χ0v) is 37.4. The van der Waals surface area contributed by atoms with Crippen molar-refractivity contribution in [2.75, 3.05) is 14.1 Å². The molecule has 0 radical (unpaired) electrons. The number of rotatable bonds is 10. The molecule has 6 rings (SSSR count). The second kappa shape index (κ2) is 20.1. The quantitative estimate of drug-likeness (QED) is 0.0889. The number of nitrogens with one attached hydrogen (secondary N) is 2. The summed E-state index contributed by atoms with van der Waals surface area (Å²) in [5.41, 5.74) is 0.615. The third kappa shape index (κ3) is 11.0. The molecule has 0 aliphatic heterocycles. The Kier molecular flexibility index (Phi) is 16.6. The van der Waals surface area contributed by atoms with E-state index >= 15 is 0 Å². The minimum absolute atomic E-state index is 0. The van der Waals surface area contributed by atoms with Crippen molar-refractivity contribution in [3.05, 3.63) is 127 Å². The number of aromatic hydroxyl groups is 2. The molecule has 6 aromatic rings. The van der Waals surface area contributed by atoms with E-state index in [4.69, 9.17) is 23.2 Å². The van der Waals surface area contributed by atoms with Crippen LogP contribution in [0.2, 0.25) is 10.0 Å². The molecule has 2 heterocycles. The number of hydrogen-bond acceptors (Lipinski definition) is 14. The number of nitrogens with zero attached hydrogens (tertiary/aromatic N) is 8. The number of sulfonamides is 2. The van der Waals surface area contributed by atoms with Crippen LogP contribution in [0, 0.1) is 13.8 Å². The molecule has 0 amide bonds. The molecular weight excluding hydrogens is 886 g/mol. The van der Waals surface area contributed by atoms with Crippen LogP contribution in [0.5, 0.6) is 11.5 Å². The summed E-state index contributed by atoms with van der Waals surface area (Å²) < 4.78 is 53.6. The van der Waals surface area contributed by atoms with Gasteiger partial charge in [-0.3, -0.25) is 0 Å². The summed E-state index contributed by atoms with van der Waals surface area (Å²) in [6, 6.07) is 20.4. The van der Waals surface area contributed by atoms with E-state index in [-0.39, 0.29) is 79.5 Å². The van der Waals surface area contributed by atoms with Crippen LogP contribution in [0.25, 0.3) is 11.4 Å². The van der Waals surface area contributed by atoms with Crippen molar-refractivity contribution in [2.24, 2.45) is 20.5 Å². The van der Waals surface area contributed by atoms with Crippen LogP contribution in [0.15, 0.2) is 125 Å². The normalized spacial score (nSPS) is 11.6. The maximum atomic E-state index is 12.6. The summed E-state index contributed by atoms with van der Waals surface area (Å²) in [5.74, 6) is -0.792. The number of phenolic OH excluding ortho intramolecular Hbond substituents is 2. The van der Waals surface area contributed by atoms with Gasteiger partial charge in [0.1, 0.15) is 34.0 Å². The Balaban J connectivity index is 0.000000300. The van der Waals surface area contributed by atoms with Crippen molar-refractivity contribution in [2.45, 2.75) is 23.6 Å². The van der Waals surface area contributed by atoms with Crippen LogP contribution in [-0.2, 0) is 37.4 Å². The first-order valence-corrected chi connectivity index (χ1v) is 19.6. The maximum absolute atomic E-state index is 12.6. The molecule has 0 saturated heterocycles. The van der Waals surface area contributed by atoms with Crippen LogP contribution in [-0.4, -0.2) is 60.7 Å². The van der Waals surface area contributed by atoms with Gasteiger partial charge in [-0.1, -0.05) is 60.6 Å². The summed E-state index contributed by atoms with van der Waals surface area (Å²) in [5, 5.41) is 44.7. The number of hydrogen-bond donors (Lipinski definition) is 4. The second-order valence-electron chi connectivity index (χ2n) is 11.4. The molecule has 58 heavy (non-hydrogen) atoms. The van der Waals surface area contributed by atoms with Crippen molar-refractivity contribution in [1.29, 1.82) is 0 Å². The van der Waals surface area contributed by atoms with Gasteiger partial charge in [0.2, 0.25) is 20.0 Å². The molecule has 0 bridgehead atoms. The largest absolute Gasteiger partial charge is 1.00 e. The fraction of sp³-hybridized carbons (Fsp3) is 0.118. The Morgan fingerprint density at radius 3 is 1.31 bits per heavy atom. The molecular formula is C34H30Cl2CrN10NaO8S2-. The molecule has 0 saturated carbocycles. The standard InChI is InChI=1S/2C17H15ClN5O4S.Cr.Na/c2*1-10-16(17(25)23(22-10)12-5-3-4-11(18)8-12)21-20-14-7-6-13(9-15(14)24)28(26,27)19-2;;/h2*3-9,19,24H,1-2H3;;/q2*-1;;+1. The minimum atomic E-state index is -3.71. The smallest absolute Gasteiger partial charge is 0.506 e. The molecule has 0 aliphatic carbocycles. The van der Waals surface area contributed by atoms with Gasteiger partial charge in [-0.15, -0.1) is 11.4 Å². The number of azo groups is 2. The Morgan fingerprint density at radius 2 is 1.00 bits per heavy atom. The zero-order chi connectivity index (χ0) is 40.9. The van der Waals surface area contributed by atoms with Gasteiger partial charge in [0, 0.05) is 39.5 Å². The molecule has 4 aromatic carbocycles. The van der Waals surface area contributed by atoms with Crippen molar-refractivity contribution in [1.82, 2.24) is 29.0 Å². The SMILES string of the molecule is CNS(=O)(=O)c1ccc(N=N[c-]2c(C)nn(-c3cccc(Cl)c3)c2=O)c(O)c1.CNS(=O)(=O)c1ccc(N=N[c-]2c(C)nn(-c3cccc(Cl)c3)c2=O)c(O)c1.[Cr].[Na+]. The van der Waals surface area contributed by atoms with E-state index in [0.29, 0.717) is 32.8 Å². The number of phenols is 2. The van der Waals surface area contributed by atoms with Gasteiger partial charge in [0.05, 0.1) is 21.2 Å². The number of halogens is 2. The molecule has 0 unspecified atom stereocenters. The Morgan fingerprint density at radius 1 is 0.638 bits per heavy atom. The zero-order valence-electron chi connectivity index (χ0n) is 31.0. The van der Waals surface area contributed by atoms with E-state index in [2.05, 4.69) is 40.1 Å². The van der Waals surface area contributed by atoms with Crippen molar-refractivity contribution in [3.8, 4) is 22.9 Å². The third-order valence-corrected chi connectivity index (χ3v) is 10.9. The van der Waals surface area contributed by atoms with E-state index < -0.39 is 42.7 Å². The van der Waals surface area contributed by atoms with E-state index in [9.17, 15) is 36.6 Å². The average molecular weight is 917 g/mol. The van der Waals surface area contributed by atoms with E-state index in [0.717, 1.165) is 21.5 Å². The predicted molar refractivity (Wildman–Crippen MR) is 207 cm³/mol. The Bertz CT molecular complexity index is 2670. The molecule has 24 heteroatoms. The average Bonchev–Trinajstić information content (AvgIpc) is 3.62. The summed E-state index contributed by atoms with van der Waals surface area (Å²) in [6.07, 6.45) is 0. The molecule has 0 fully saturated rings. The van der Waals surface area contributed by atoms with E-state index in [1.807, 2.05) is 0 Å². The maximum Gasteiger partial charge on any atom is 1.00 e. The molecule has 2 aromatic heterocycles. The van der Waals surface area contributed by atoms with E-state index in [1.54, 1.807) is 62.4 Å². The summed E-state index contributed by atoms with van der Waals surface area (Å²) in [4.78, 5) is 24.9. The minimum Gasteiger partial charge on any atom is -0.506 e. The van der Waals surface area contributed by atoms with Crippen LogP contribution in [0.4, 0.5) is 22.7 Å². The molecule has 0 atom stereocenters. The van der Waals surface area contributed by atoms with Gasteiger partial charge in [0.25, 0.3) is 0 Å². The van der Waals surface area contributed by atoms with Crippen LogP contribution in [0.1, 0.15) is 11.4 Å². The Labute approximate surface area is 374 Å². The van der Waals surface area contributed by atoms with E-state index in [1.165, 1.54) is 38.4 Å². The summed E-state index contributed by atoms with van der Waals surface area (Å²) in [7, 11) is -4.89. The summed E-state index contributed by atoms with van der Waals surface area (Å²) >= 11 is 11.9. The number of aryl methyl sites for hydroxylation is 2. The first-order chi connectivity index (χ1) is 26.4. The second-order valence-corrected chi connectivity index (χ2v) is 16.0. The number of aromatic nitrogens is 4. The van der Waals surface area contributed by atoms with Crippen molar-refractivity contribution >= 4 is 66.0 Å². The first-order valence-electron chi connectivity index (χ1n) is 15.9. The third-order valence-electron chi connectivity index (χ3n) is 7.65. The number of benzene rings is 4. The van der Waals surface area contributed by atoms with Crippen LogP contribution < -0.4 is 50.1 Å². The molecule has 0 spiro atoms. The molecule has 0 aliphatic rings. The first kappa shape index (κ1) is 48.0. The van der Waals surface area contributed by atoms with Gasteiger partial charge in [-0.25, -0.2) is 45.8 Å². The van der Waals surface area contributed by atoms with Crippen molar-refractivity contribution in [3.63, 3.8) is 0 Å². The van der Waals surface area contributed by atoms with Gasteiger partial charge in [-0.05, 0) is 74.8 Å².